The number of aliphatic hydroxyl groups excluding tert-OH is 1. The second-order valence-electron chi connectivity index (χ2n) is 12.3. The van der Waals surface area contributed by atoms with E-state index in [9.17, 15) is 32.3 Å². The summed E-state index contributed by atoms with van der Waals surface area (Å²) in [4.78, 5) is 27.5. The standard InChI is InChI=1S/C32H36F4N2O4/c1-31(2,12-13-39)18-6-11-26(42-3)23(15-18)29(40)38-28-21-9-8-20(22(21)14-17-4-5-17)27(28)30(41)37-19-7-10-25(33)24(16-19)32(34,35)36/h6-7,10-11,14-17,20-21,27-28,39H,4-5,8-9,12-13H2,1-3H3,(H,37,41)(H,38,40)/b22-14-/t20-,21+,27-,28+/m0/s1. The predicted octanol–water partition coefficient (Wildman–Crippen LogP) is 6.24. The minimum atomic E-state index is -4.91. The molecule has 3 aliphatic carbocycles. The van der Waals surface area contributed by atoms with Crippen LogP contribution in [0.2, 0.25) is 0 Å². The average molecular weight is 589 g/mol. The minimum absolute atomic E-state index is 0.0167. The van der Waals surface area contributed by atoms with Crippen LogP contribution in [0.3, 0.4) is 0 Å². The second-order valence-corrected chi connectivity index (χ2v) is 12.3. The molecule has 3 saturated carbocycles. The van der Waals surface area contributed by atoms with Crippen LogP contribution in [0.5, 0.6) is 5.75 Å². The van der Waals surface area contributed by atoms with Crippen LogP contribution in [0.25, 0.3) is 0 Å². The maximum Gasteiger partial charge on any atom is 0.419 e. The molecule has 0 aromatic heterocycles. The molecule has 2 aromatic rings. The fourth-order valence-corrected chi connectivity index (χ4v) is 6.57. The summed E-state index contributed by atoms with van der Waals surface area (Å²) in [6, 6.07) is 7.11. The van der Waals surface area contributed by atoms with Crippen LogP contribution in [-0.4, -0.2) is 36.7 Å². The van der Waals surface area contributed by atoms with Crippen LogP contribution in [0.1, 0.15) is 67.4 Å². The summed E-state index contributed by atoms with van der Waals surface area (Å²) in [5.41, 5.74) is 0.246. The maximum atomic E-state index is 13.9. The third-order valence-electron chi connectivity index (χ3n) is 9.05. The van der Waals surface area contributed by atoms with Gasteiger partial charge in [0.1, 0.15) is 11.6 Å². The van der Waals surface area contributed by atoms with Gasteiger partial charge in [0.15, 0.2) is 0 Å². The van der Waals surface area contributed by atoms with E-state index in [0.29, 0.717) is 35.8 Å². The molecule has 0 aliphatic heterocycles. The number of benzene rings is 2. The zero-order chi connectivity index (χ0) is 30.4. The highest BCUT2D eigenvalue weighted by Gasteiger charge is 2.55. The number of allylic oxidation sites excluding steroid dienone is 1. The number of anilines is 1. The van der Waals surface area contributed by atoms with E-state index in [1.807, 2.05) is 19.9 Å². The van der Waals surface area contributed by atoms with Gasteiger partial charge >= 0.3 is 6.18 Å². The first-order valence-electron chi connectivity index (χ1n) is 14.3. The molecule has 0 unspecified atom stereocenters. The quantitative estimate of drug-likeness (QED) is 0.239. The SMILES string of the molecule is COc1ccc(C(C)(C)CCO)cc1C(=O)N[C@H]1[C@@H](C(=O)Nc2ccc(F)c(C(F)(F)F)c2)[C@H]2CC[C@@H]1/C2=C\C1CC1. The first kappa shape index (κ1) is 30.1. The first-order valence-corrected chi connectivity index (χ1v) is 14.3. The summed E-state index contributed by atoms with van der Waals surface area (Å²) >= 11 is 0. The van der Waals surface area contributed by atoms with Gasteiger partial charge in [0.05, 0.1) is 24.2 Å². The van der Waals surface area contributed by atoms with Gasteiger partial charge < -0.3 is 20.5 Å². The molecule has 226 valence electrons. The molecule has 5 rings (SSSR count). The van der Waals surface area contributed by atoms with Crippen LogP contribution in [-0.2, 0) is 16.4 Å². The van der Waals surface area contributed by atoms with Gasteiger partial charge in [-0.15, -0.1) is 0 Å². The van der Waals surface area contributed by atoms with Gasteiger partial charge in [-0.25, -0.2) is 4.39 Å². The summed E-state index contributed by atoms with van der Waals surface area (Å²) < 4.78 is 59.3. The van der Waals surface area contributed by atoms with Crippen molar-refractivity contribution in [3.05, 3.63) is 70.6 Å². The van der Waals surface area contributed by atoms with Crippen LogP contribution in [0, 0.1) is 29.5 Å². The van der Waals surface area contributed by atoms with Crippen LogP contribution in [0.4, 0.5) is 23.2 Å². The lowest BCUT2D eigenvalue weighted by molar-refractivity contribution is -0.140. The van der Waals surface area contributed by atoms with Crippen molar-refractivity contribution in [2.45, 2.75) is 63.6 Å². The topological polar surface area (TPSA) is 87.7 Å². The van der Waals surface area contributed by atoms with E-state index in [0.717, 1.165) is 42.9 Å². The van der Waals surface area contributed by atoms with Crippen molar-refractivity contribution < 1.29 is 37.0 Å². The van der Waals surface area contributed by atoms with Crippen molar-refractivity contribution in [1.29, 1.82) is 0 Å². The second kappa shape index (κ2) is 11.4. The smallest absolute Gasteiger partial charge is 0.419 e. The molecule has 4 atom stereocenters. The number of methoxy groups -OCH3 is 1. The van der Waals surface area contributed by atoms with E-state index >= 15 is 0 Å². The van der Waals surface area contributed by atoms with Gasteiger partial charge in [-0.3, -0.25) is 9.59 Å². The number of fused-ring (bicyclic) bond motifs is 2. The minimum Gasteiger partial charge on any atom is -0.496 e. The Morgan fingerprint density at radius 1 is 1.05 bits per heavy atom. The van der Waals surface area contributed by atoms with E-state index in [1.165, 1.54) is 7.11 Å². The van der Waals surface area contributed by atoms with E-state index in [-0.39, 0.29) is 24.1 Å². The number of amides is 2. The molecular formula is C32H36F4N2O4. The Hall–Kier alpha value is -3.40. The van der Waals surface area contributed by atoms with Gasteiger partial charge in [-0.1, -0.05) is 31.6 Å². The normalized spacial score (nSPS) is 24.6. The molecule has 0 heterocycles. The molecule has 2 amide bonds. The lowest BCUT2D eigenvalue weighted by Gasteiger charge is -2.31. The van der Waals surface area contributed by atoms with Crippen molar-refractivity contribution in [1.82, 2.24) is 5.32 Å². The monoisotopic (exact) mass is 588 g/mol. The van der Waals surface area contributed by atoms with Crippen molar-refractivity contribution in [3.8, 4) is 5.75 Å². The van der Waals surface area contributed by atoms with Gasteiger partial charge in [0, 0.05) is 24.3 Å². The Balaban J connectivity index is 1.45. The number of hydrogen-bond donors (Lipinski definition) is 3. The number of carbonyl (C=O) groups excluding carboxylic acids is 2. The van der Waals surface area contributed by atoms with Crippen molar-refractivity contribution >= 4 is 17.5 Å². The van der Waals surface area contributed by atoms with Crippen molar-refractivity contribution in [2.24, 2.45) is 23.7 Å². The molecule has 3 aliphatic rings. The average Bonchev–Trinajstić information content (AvgIpc) is 3.61. The first-order chi connectivity index (χ1) is 19.8. The Bertz CT molecular complexity index is 1400. The van der Waals surface area contributed by atoms with Crippen LogP contribution >= 0.6 is 0 Å². The number of alkyl halides is 3. The number of hydrogen-bond acceptors (Lipinski definition) is 4. The van der Waals surface area contributed by atoms with Gasteiger partial charge in [0.25, 0.3) is 5.91 Å². The molecule has 3 N–H and O–H groups in total. The zero-order valence-corrected chi connectivity index (χ0v) is 23.9. The molecule has 6 nitrogen and oxygen atoms in total. The number of nitrogens with one attached hydrogen (secondary N) is 2. The Morgan fingerprint density at radius 2 is 1.76 bits per heavy atom. The number of halogens is 4. The summed E-state index contributed by atoms with van der Waals surface area (Å²) in [5, 5.41) is 15.2. The number of carbonyl (C=O) groups is 2. The van der Waals surface area contributed by atoms with E-state index in [1.54, 1.807) is 12.1 Å². The summed E-state index contributed by atoms with van der Waals surface area (Å²) in [5.74, 6) is -2.49. The highest BCUT2D eigenvalue weighted by atomic mass is 19.4. The van der Waals surface area contributed by atoms with Crippen molar-refractivity contribution in [3.63, 3.8) is 0 Å². The molecule has 0 radical (unpaired) electrons. The Morgan fingerprint density at radius 3 is 2.40 bits per heavy atom. The highest BCUT2D eigenvalue weighted by Crippen LogP contribution is 2.54. The lowest BCUT2D eigenvalue weighted by atomic mass is 9.81. The Kier molecular flexibility index (Phi) is 8.13. The zero-order valence-electron chi connectivity index (χ0n) is 23.9. The molecule has 2 bridgehead atoms. The van der Waals surface area contributed by atoms with Crippen LogP contribution < -0.4 is 15.4 Å². The van der Waals surface area contributed by atoms with Gasteiger partial charge in [-0.2, -0.15) is 13.2 Å². The third-order valence-corrected chi connectivity index (χ3v) is 9.05. The van der Waals surface area contributed by atoms with Gasteiger partial charge in [-0.05, 0) is 85.3 Å². The molecular weight excluding hydrogens is 552 g/mol. The molecule has 42 heavy (non-hydrogen) atoms. The molecule has 0 spiro atoms. The molecule has 10 heteroatoms. The van der Waals surface area contributed by atoms with E-state index < -0.39 is 46.7 Å². The van der Waals surface area contributed by atoms with Crippen molar-refractivity contribution in [2.75, 3.05) is 19.0 Å². The number of rotatable bonds is 9. The summed E-state index contributed by atoms with van der Waals surface area (Å²) in [6.45, 7) is 3.92. The fraction of sp³-hybridized carbons (Fsp3) is 0.500. The van der Waals surface area contributed by atoms with Crippen LogP contribution in [0.15, 0.2) is 48.0 Å². The summed E-state index contributed by atoms with van der Waals surface area (Å²) in [6.07, 6.45) is 1.46. The fourth-order valence-electron chi connectivity index (χ4n) is 6.57. The Labute approximate surface area is 242 Å². The molecule has 3 fully saturated rings. The third kappa shape index (κ3) is 5.91. The van der Waals surface area contributed by atoms with E-state index in [2.05, 4.69) is 16.7 Å². The molecule has 2 aromatic carbocycles. The maximum absolute atomic E-state index is 13.9. The largest absolute Gasteiger partial charge is 0.496 e. The summed E-state index contributed by atoms with van der Waals surface area (Å²) in [7, 11) is 1.47. The number of ether oxygens (including phenoxy) is 1. The van der Waals surface area contributed by atoms with Gasteiger partial charge in [0.2, 0.25) is 5.91 Å². The van der Waals surface area contributed by atoms with E-state index in [4.69, 9.17) is 4.74 Å². The molecule has 0 saturated heterocycles. The highest BCUT2D eigenvalue weighted by molar-refractivity contribution is 5.99. The predicted molar refractivity (Wildman–Crippen MR) is 150 cm³/mol. The lowest BCUT2D eigenvalue weighted by Crippen LogP contribution is -2.48. The number of aliphatic hydroxyl groups is 1.